The SMILES string of the molecule is O=C(O)CF.c1ccccc1. The monoisotopic (exact) mass is 156 g/mol. The molecule has 1 aromatic carbocycles. The largest absolute Gasteiger partial charge is 0.479 e. The van der Waals surface area contributed by atoms with Crippen molar-refractivity contribution in [2.45, 2.75) is 0 Å². The van der Waals surface area contributed by atoms with Crippen molar-refractivity contribution >= 4 is 5.97 Å². The van der Waals surface area contributed by atoms with Crippen molar-refractivity contribution in [2.24, 2.45) is 0 Å². The van der Waals surface area contributed by atoms with Gasteiger partial charge in [-0.3, -0.25) is 0 Å². The number of hydrogen-bond donors (Lipinski definition) is 1. The third-order valence-corrected chi connectivity index (χ3v) is 0.781. The van der Waals surface area contributed by atoms with Gasteiger partial charge in [0.05, 0.1) is 0 Å². The number of hydrogen-bond acceptors (Lipinski definition) is 1. The van der Waals surface area contributed by atoms with Gasteiger partial charge >= 0.3 is 5.97 Å². The van der Waals surface area contributed by atoms with Crippen LogP contribution in [0.4, 0.5) is 4.39 Å². The van der Waals surface area contributed by atoms with E-state index in [4.69, 9.17) is 9.90 Å². The van der Waals surface area contributed by atoms with Gasteiger partial charge in [-0.15, -0.1) is 0 Å². The summed E-state index contributed by atoms with van der Waals surface area (Å²) >= 11 is 0. The number of benzene rings is 1. The van der Waals surface area contributed by atoms with Crippen molar-refractivity contribution in [2.75, 3.05) is 6.67 Å². The highest BCUT2D eigenvalue weighted by molar-refractivity contribution is 5.67. The van der Waals surface area contributed by atoms with Crippen LogP contribution in [0.15, 0.2) is 36.4 Å². The summed E-state index contributed by atoms with van der Waals surface area (Å²) in [6.45, 7) is -1.28. The van der Waals surface area contributed by atoms with E-state index in [0.29, 0.717) is 0 Å². The van der Waals surface area contributed by atoms with Crippen LogP contribution in [0.5, 0.6) is 0 Å². The minimum Gasteiger partial charge on any atom is -0.479 e. The first-order valence-corrected chi connectivity index (χ1v) is 3.05. The second-order valence-corrected chi connectivity index (χ2v) is 1.68. The summed E-state index contributed by atoms with van der Waals surface area (Å²) in [5.74, 6) is -1.41. The highest BCUT2D eigenvalue weighted by atomic mass is 19.1. The third-order valence-electron chi connectivity index (χ3n) is 0.781. The molecular formula is C8H9FO2. The first kappa shape index (κ1) is 9.62. The minimum atomic E-state index is -1.41. The molecule has 0 aliphatic carbocycles. The summed E-state index contributed by atoms with van der Waals surface area (Å²) in [6, 6.07) is 12.0. The second kappa shape index (κ2) is 6.74. The summed E-state index contributed by atoms with van der Waals surface area (Å²) in [5, 5.41) is 7.35. The maximum absolute atomic E-state index is 10.5. The average Bonchev–Trinajstić information content (AvgIpc) is 2.09. The summed E-state index contributed by atoms with van der Waals surface area (Å²) in [7, 11) is 0. The third kappa shape index (κ3) is 8.62. The van der Waals surface area contributed by atoms with Crippen molar-refractivity contribution < 1.29 is 14.3 Å². The lowest BCUT2D eigenvalue weighted by atomic mass is 10.4. The molecule has 0 saturated heterocycles. The zero-order valence-electron chi connectivity index (χ0n) is 5.90. The first-order valence-electron chi connectivity index (χ1n) is 3.05. The molecule has 1 N–H and O–H groups in total. The van der Waals surface area contributed by atoms with Crippen LogP contribution in [-0.4, -0.2) is 17.8 Å². The Hall–Kier alpha value is -1.38. The van der Waals surface area contributed by atoms with Crippen molar-refractivity contribution in [1.29, 1.82) is 0 Å². The smallest absolute Gasteiger partial charge is 0.335 e. The van der Waals surface area contributed by atoms with Crippen LogP contribution < -0.4 is 0 Å². The average molecular weight is 156 g/mol. The summed E-state index contributed by atoms with van der Waals surface area (Å²) < 4.78 is 10.5. The lowest BCUT2D eigenvalue weighted by molar-refractivity contribution is -0.137. The van der Waals surface area contributed by atoms with Gasteiger partial charge in [0.2, 0.25) is 0 Å². The second-order valence-electron chi connectivity index (χ2n) is 1.68. The van der Waals surface area contributed by atoms with Crippen LogP contribution in [0.25, 0.3) is 0 Å². The molecule has 3 heteroatoms. The van der Waals surface area contributed by atoms with E-state index < -0.39 is 12.6 Å². The number of halogens is 1. The molecule has 0 unspecified atom stereocenters. The lowest BCUT2D eigenvalue weighted by Crippen LogP contribution is -1.93. The van der Waals surface area contributed by atoms with Gasteiger partial charge in [-0.25, -0.2) is 9.18 Å². The van der Waals surface area contributed by atoms with Crippen LogP contribution in [0.3, 0.4) is 0 Å². The highest BCUT2D eigenvalue weighted by Crippen LogP contribution is 1.79. The Morgan fingerprint density at radius 2 is 1.27 bits per heavy atom. The zero-order chi connectivity index (χ0) is 8.53. The van der Waals surface area contributed by atoms with E-state index in [1.807, 2.05) is 36.4 Å². The minimum absolute atomic E-state index is 1.28. The number of aliphatic carboxylic acids is 1. The Bertz CT molecular complexity index is 160. The van der Waals surface area contributed by atoms with Gasteiger partial charge in [-0.2, -0.15) is 0 Å². The Morgan fingerprint density at radius 1 is 1.09 bits per heavy atom. The van der Waals surface area contributed by atoms with Crippen LogP contribution in [0.1, 0.15) is 0 Å². The normalized spacial score (nSPS) is 7.73. The zero-order valence-corrected chi connectivity index (χ0v) is 5.90. The molecule has 1 rings (SSSR count). The van der Waals surface area contributed by atoms with Crippen molar-refractivity contribution in [3.8, 4) is 0 Å². The predicted octanol–water partition coefficient (Wildman–Crippen LogP) is 1.73. The van der Waals surface area contributed by atoms with Gasteiger partial charge in [0.15, 0.2) is 6.67 Å². The molecule has 0 atom stereocenters. The maximum atomic E-state index is 10.5. The van der Waals surface area contributed by atoms with E-state index in [1.165, 1.54) is 0 Å². The van der Waals surface area contributed by atoms with Gasteiger partial charge in [0.1, 0.15) is 0 Å². The van der Waals surface area contributed by atoms with E-state index in [2.05, 4.69) is 0 Å². The highest BCUT2D eigenvalue weighted by Gasteiger charge is 1.85. The van der Waals surface area contributed by atoms with Crippen LogP contribution in [-0.2, 0) is 4.79 Å². The molecule has 11 heavy (non-hydrogen) atoms. The van der Waals surface area contributed by atoms with E-state index in [9.17, 15) is 4.39 Å². The first-order chi connectivity index (χ1) is 5.27. The summed E-state index contributed by atoms with van der Waals surface area (Å²) in [6.07, 6.45) is 0. The van der Waals surface area contributed by atoms with Gasteiger partial charge in [-0.05, 0) is 0 Å². The number of carbonyl (C=O) groups is 1. The Labute approximate surface area is 64.3 Å². The molecule has 0 heterocycles. The van der Waals surface area contributed by atoms with Gasteiger partial charge in [-0.1, -0.05) is 36.4 Å². The molecule has 2 nitrogen and oxygen atoms in total. The molecule has 0 fully saturated rings. The Morgan fingerprint density at radius 3 is 1.36 bits per heavy atom. The van der Waals surface area contributed by atoms with Crippen LogP contribution in [0.2, 0.25) is 0 Å². The number of alkyl halides is 1. The fourth-order valence-electron chi connectivity index (χ4n) is 0.385. The molecule has 0 radical (unpaired) electrons. The maximum Gasteiger partial charge on any atom is 0.335 e. The van der Waals surface area contributed by atoms with E-state index in [-0.39, 0.29) is 0 Å². The van der Waals surface area contributed by atoms with E-state index in [0.717, 1.165) is 0 Å². The molecule has 0 aliphatic rings. The number of carboxylic acid groups (broad SMARTS) is 1. The van der Waals surface area contributed by atoms with E-state index >= 15 is 0 Å². The lowest BCUT2D eigenvalue weighted by Gasteiger charge is -1.69. The fraction of sp³-hybridized carbons (Fsp3) is 0.125. The van der Waals surface area contributed by atoms with Gasteiger partial charge < -0.3 is 5.11 Å². The van der Waals surface area contributed by atoms with Gasteiger partial charge in [0, 0.05) is 0 Å². The topological polar surface area (TPSA) is 37.3 Å². The molecule has 0 amide bonds. The Balaban J connectivity index is 0.000000187. The number of carboxylic acids is 1. The molecule has 60 valence electrons. The fourth-order valence-corrected chi connectivity index (χ4v) is 0.385. The van der Waals surface area contributed by atoms with Crippen LogP contribution >= 0.6 is 0 Å². The quantitative estimate of drug-likeness (QED) is 0.672. The van der Waals surface area contributed by atoms with Crippen LogP contribution in [0, 0.1) is 0 Å². The molecule has 0 aliphatic heterocycles. The molecule has 0 aromatic heterocycles. The van der Waals surface area contributed by atoms with E-state index in [1.54, 1.807) is 0 Å². The molecular weight excluding hydrogens is 147 g/mol. The van der Waals surface area contributed by atoms with Crippen molar-refractivity contribution in [3.63, 3.8) is 0 Å². The predicted molar refractivity (Wildman–Crippen MR) is 40.1 cm³/mol. The molecule has 0 spiro atoms. The number of rotatable bonds is 1. The summed E-state index contributed by atoms with van der Waals surface area (Å²) in [5.41, 5.74) is 0. The molecule has 0 bridgehead atoms. The molecule has 0 saturated carbocycles. The summed E-state index contributed by atoms with van der Waals surface area (Å²) in [4.78, 5) is 8.99. The standard InChI is InChI=1S/C6H6.C2H3FO2/c1-2-4-6-5-3-1;3-1-2(4)5/h1-6H;1H2,(H,4,5). The van der Waals surface area contributed by atoms with Crippen molar-refractivity contribution in [1.82, 2.24) is 0 Å². The molecule has 1 aromatic rings. The van der Waals surface area contributed by atoms with Crippen molar-refractivity contribution in [3.05, 3.63) is 36.4 Å². The Kier molecular flexibility index (Phi) is 5.89. The van der Waals surface area contributed by atoms with Gasteiger partial charge in [0.25, 0.3) is 0 Å².